The summed E-state index contributed by atoms with van der Waals surface area (Å²) < 4.78 is 40.5. The molecule has 3 N–H and O–H groups in total. The van der Waals surface area contributed by atoms with Crippen LogP contribution in [0.15, 0.2) is 23.1 Å². The minimum Gasteiger partial charge on any atom is -0.503 e. The van der Waals surface area contributed by atoms with Gasteiger partial charge in [-0.3, -0.25) is 14.4 Å². The van der Waals surface area contributed by atoms with Gasteiger partial charge in [0.05, 0.1) is 0 Å². The number of aromatic hydroxyl groups is 1. The summed E-state index contributed by atoms with van der Waals surface area (Å²) in [6.45, 7) is 3.98. The molecule has 1 saturated carbocycles. The van der Waals surface area contributed by atoms with E-state index in [9.17, 15) is 32.7 Å². The van der Waals surface area contributed by atoms with E-state index in [1.54, 1.807) is 4.90 Å². The molecule has 0 bridgehead atoms. The maximum Gasteiger partial charge on any atom is 0.274 e. The number of amides is 2. The molecule has 0 unspecified atom stereocenters. The molecule has 2 aromatic rings. The SMILES string of the molecule is C[C@@H]1CC[C@@]2(C)C[C@H]2CN1C(=O)c1[nH]cc(C(=O)NCc2c(F)cc(F)cc2F)c(=O)c1O. The lowest BCUT2D eigenvalue weighted by Gasteiger charge is -2.28. The fourth-order valence-electron chi connectivity index (χ4n) is 4.49. The van der Waals surface area contributed by atoms with Crippen LogP contribution < -0.4 is 10.7 Å². The molecule has 1 saturated heterocycles. The highest BCUT2D eigenvalue weighted by atomic mass is 19.1. The summed E-state index contributed by atoms with van der Waals surface area (Å²) in [5.41, 5.74) is -2.30. The third-order valence-electron chi connectivity index (χ3n) is 6.93. The van der Waals surface area contributed by atoms with Gasteiger partial charge in [-0.1, -0.05) is 6.92 Å². The van der Waals surface area contributed by atoms with E-state index in [1.165, 1.54) is 0 Å². The summed E-state index contributed by atoms with van der Waals surface area (Å²) in [4.78, 5) is 42.2. The van der Waals surface area contributed by atoms with Crippen molar-refractivity contribution in [2.45, 2.75) is 45.7 Å². The maximum absolute atomic E-state index is 13.8. The number of carbonyl (C=O) groups excluding carboxylic acids is 2. The second-order valence-electron chi connectivity index (χ2n) is 9.19. The van der Waals surface area contributed by atoms with Crippen LogP contribution in [0.2, 0.25) is 0 Å². The third kappa shape index (κ3) is 4.21. The second kappa shape index (κ2) is 8.24. The minimum atomic E-state index is -1.19. The van der Waals surface area contributed by atoms with Gasteiger partial charge in [0.15, 0.2) is 11.4 Å². The average Bonchev–Trinajstić information content (AvgIpc) is 3.41. The molecule has 1 aliphatic heterocycles. The standard InChI is InChI=1S/C23H24F3N3O4/c1-11-3-4-23(2)7-12(23)10-29(11)22(33)18-20(31)19(30)15(9-27-18)21(32)28-8-14-16(25)5-13(24)6-17(14)26/h5-6,9,11-12,31H,3-4,7-8,10H2,1-2H3,(H,27,30)(H,28,32)/t11-,12+,23+/m1/s1. The van der Waals surface area contributed by atoms with Crippen molar-refractivity contribution in [1.82, 2.24) is 15.2 Å². The molecule has 2 amide bonds. The van der Waals surface area contributed by atoms with E-state index in [1.807, 2.05) is 6.92 Å². The lowest BCUT2D eigenvalue weighted by atomic mass is 9.99. The topological polar surface area (TPSA) is 103 Å². The van der Waals surface area contributed by atoms with Gasteiger partial charge >= 0.3 is 0 Å². The van der Waals surface area contributed by atoms with E-state index in [-0.39, 0.29) is 17.2 Å². The van der Waals surface area contributed by atoms with Crippen molar-refractivity contribution in [3.63, 3.8) is 0 Å². The summed E-state index contributed by atoms with van der Waals surface area (Å²) >= 11 is 0. The molecule has 2 heterocycles. The molecule has 1 aliphatic carbocycles. The van der Waals surface area contributed by atoms with Crippen molar-refractivity contribution in [3.8, 4) is 5.75 Å². The predicted molar refractivity (Wildman–Crippen MR) is 112 cm³/mol. The average molecular weight is 463 g/mol. The lowest BCUT2D eigenvalue weighted by Crippen LogP contribution is -2.40. The first-order valence-corrected chi connectivity index (χ1v) is 10.7. The number of benzene rings is 1. The van der Waals surface area contributed by atoms with Gasteiger partial charge in [-0.15, -0.1) is 0 Å². The van der Waals surface area contributed by atoms with Crippen LogP contribution >= 0.6 is 0 Å². The molecule has 7 nitrogen and oxygen atoms in total. The van der Waals surface area contributed by atoms with E-state index in [4.69, 9.17) is 0 Å². The number of halogens is 3. The van der Waals surface area contributed by atoms with E-state index in [0.717, 1.165) is 25.5 Å². The highest BCUT2D eigenvalue weighted by Crippen LogP contribution is 2.57. The Hall–Kier alpha value is -3.30. The summed E-state index contributed by atoms with van der Waals surface area (Å²) in [5, 5.41) is 12.5. The normalized spacial score (nSPS) is 24.1. The number of aromatic nitrogens is 1. The smallest absolute Gasteiger partial charge is 0.274 e. The number of pyridine rings is 1. The number of nitrogens with zero attached hydrogens (tertiary/aromatic N) is 1. The molecule has 2 aliphatic rings. The van der Waals surface area contributed by atoms with Crippen molar-refractivity contribution >= 4 is 11.8 Å². The number of likely N-dealkylation sites (tertiary alicyclic amines) is 1. The molecule has 1 aromatic carbocycles. The van der Waals surface area contributed by atoms with Gasteiger partial charge in [-0.25, -0.2) is 13.2 Å². The van der Waals surface area contributed by atoms with E-state index in [0.29, 0.717) is 24.6 Å². The predicted octanol–water partition coefficient (Wildman–Crippen LogP) is 3.08. The van der Waals surface area contributed by atoms with Gasteiger partial charge in [0, 0.05) is 43.0 Å². The molecule has 4 rings (SSSR count). The molecule has 33 heavy (non-hydrogen) atoms. The monoisotopic (exact) mass is 463 g/mol. The van der Waals surface area contributed by atoms with Crippen LogP contribution in [0.5, 0.6) is 5.75 Å². The fourth-order valence-corrected chi connectivity index (χ4v) is 4.49. The fraction of sp³-hybridized carbons (Fsp3) is 0.435. The van der Waals surface area contributed by atoms with Gasteiger partial charge in [-0.05, 0) is 37.5 Å². The van der Waals surface area contributed by atoms with Crippen LogP contribution in [0.1, 0.15) is 59.5 Å². The first-order chi connectivity index (χ1) is 15.5. The van der Waals surface area contributed by atoms with Gasteiger partial charge in [-0.2, -0.15) is 0 Å². The molecule has 0 radical (unpaired) electrons. The highest BCUT2D eigenvalue weighted by Gasteiger charge is 2.52. The number of rotatable bonds is 4. The van der Waals surface area contributed by atoms with E-state index < -0.39 is 58.1 Å². The largest absolute Gasteiger partial charge is 0.503 e. The number of hydrogen-bond donors (Lipinski definition) is 3. The molecular weight excluding hydrogens is 439 g/mol. The highest BCUT2D eigenvalue weighted by molar-refractivity contribution is 5.98. The number of H-pyrrole nitrogens is 1. The van der Waals surface area contributed by atoms with Crippen LogP contribution in [0, 0.1) is 28.8 Å². The molecule has 10 heteroatoms. The van der Waals surface area contributed by atoms with E-state index >= 15 is 0 Å². The van der Waals surface area contributed by atoms with Crippen LogP contribution in [-0.2, 0) is 6.54 Å². The zero-order valence-electron chi connectivity index (χ0n) is 18.2. The lowest BCUT2D eigenvalue weighted by molar-refractivity contribution is 0.0674. The van der Waals surface area contributed by atoms with Crippen molar-refractivity contribution < 1.29 is 27.9 Å². The number of hydrogen-bond acceptors (Lipinski definition) is 4. The molecule has 3 atom stereocenters. The Bertz CT molecular complexity index is 1170. The zero-order valence-corrected chi connectivity index (χ0v) is 18.2. The number of aromatic amines is 1. The molecule has 0 spiro atoms. The Morgan fingerprint density at radius 3 is 2.61 bits per heavy atom. The number of carbonyl (C=O) groups is 2. The molecular formula is C23H24F3N3O4. The second-order valence-corrected chi connectivity index (χ2v) is 9.19. The van der Waals surface area contributed by atoms with Gasteiger partial charge in [0.1, 0.15) is 23.0 Å². The van der Waals surface area contributed by atoms with Crippen LogP contribution in [0.25, 0.3) is 0 Å². The van der Waals surface area contributed by atoms with Crippen molar-refractivity contribution in [3.05, 3.63) is 62.8 Å². The Morgan fingerprint density at radius 2 is 1.94 bits per heavy atom. The van der Waals surface area contributed by atoms with Gasteiger partial charge in [0.25, 0.3) is 11.8 Å². The Labute approximate surface area is 187 Å². The van der Waals surface area contributed by atoms with Gasteiger partial charge < -0.3 is 20.3 Å². The summed E-state index contributed by atoms with van der Waals surface area (Å²) in [6, 6.07) is 0.864. The van der Waals surface area contributed by atoms with Crippen molar-refractivity contribution in [2.24, 2.45) is 11.3 Å². The number of fused-ring (bicyclic) bond motifs is 1. The summed E-state index contributed by atoms with van der Waals surface area (Å²) in [7, 11) is 0. The Morgan fingerprint density at radius 1 is 1.27 bits per heavy atom. The first-order valence-electron chi connectivity index (χ1n) is 10.7. The summed E-state index contributed by atoms with van der Waals surface area (Å²) in [5.74, 6) is -5.57. The molecule has 2 fully saturated rings. The van der Waals surface area contributed by atoms with Crippen LogP contribution in [0.3, 0.4) is 0 Å². The first kappa shape index (κ1) is 22.9. The van der Waals surface area contributed by atoms with Crippen LogP contribution in [-0.4, -0.2) is 39.4 Å². The minimum absolute atomic E-state index is 0.0755. The molecule has 1 aromatic heterocycles. The maximum atomic E-state index is 13.8. The quantitative estimate of drug-likeness (QED) is 0.649. The van der Waals surface area contributed by atoms with Crippen molar-refractivity contribution in [1.29, 1.82) is 0 Å². The third-order valence-corrected chi connectivity index (χ3v) is 6.93. The Kier molecular flexibility index (Phi) is 5.71. The molecule has 176 valence electrons. The Balaban J connectivity index is 1.52. The zero-order chi connectivity index (χ0) is 24.1. The summed E-state index contributed by atoms with van der Waals surface area (Å²) in [6.07, 6.45) is 3.81. The van der Waals surface area contributed by atoms with Crippen LogP contribution in [0.4, 0.5) is 13.2 Å². The van der Waals surface area contributed by atoms with Gasteiger partial charge in [0.2, 0.25) is 5.43 Å². The number of nitrogens with one attached hydrogen (secondary N) is 2. The van der Waals surface area contributed by atoms with Crippen molar-refractivity contribution in [2.75, 3.05) is 6.54 Å². The van der Waals surface area contributed by atoms with E-state index in [2.05, 4.69) is 17.2 Å².